The van der Waals surface area contributed by atoms with E-state index in [0.717, 1.165) is 47.8 Å². The first-order valence-corrected chi connectivity index (χ1v) is 14.4. The Morgan fingerprint density at radius 3 is 2.61 bits per heavy atom. The number of allylic oxidation sites excluding steroid dienone is 2. The number of halogens is 1. The lowest BCUT2D eigenvalue weighted by molar-refractivity contribution is -0.137. The first kappa shape index (κ1) is 29.1. The van der Waals surface area contributed by atoms with E-state index in [1.165, 1.54) is 6.07 Å². The Hall–Kier alpha value is -3.40. The quantitative estimate of drug-likeness (QED) is 0.187. The van der Waals surface area contributed by atoms with Crippen molar-refractivity contribution < 1.29 is 33.9 Å². The van der Waals surface area contributed by atoms with Crippen LogP contribution in [0.4, 0.5) is 4.79 Å². The summed E-state index contributed by atoms with van der Waals surface area (Å²) in [6.07, 6.45) is 3.77. The zero-order chi connectivity index (χ0) is 29.3. The van der Waals surface area contributed by atoms with Crippen LogP contribution in [0.5, 0.6) is 5.75 Å². The van der Waals surface area contributed by atoms with Crippen molar-refractivity contribution in [2.24, 2.45) is 17.8 Å². The van der Waals surface area contributed by atoms with Crippen molar-refractivity contribution in [2.45, 2.75) is 51.5 Å². The van der Waals surface area contributed by atoms with Gasteiger partial charge in [0.05, 0.1) is 30.1 Å². The lowest BCUT2D eigenvalue weighted by Gasteiger charge is -2.43. The number of methoxy groups -OCH3 is 1. The Morgan fingerprint density at radius 1 is 1.17 bits per heavy atom. The third-order valence-corrected chi connectivity index (χ3v) is 8.68. The molecule has 2 saturated heterocycles. The number of benzene rings is 2. The summed E-state index contributed by atoms with van der Waals surface area (Å²) < 4.78 is 10.9. The molecule has 2 heterocycles. The number of imide groups is 3. The molecule has 2 aromatic carbocycles. The maximum Gasteiger partial charge on any atom is 0.455 e. The van der Waals surface area contributed by atoms with E-state index >= 15 is 0 Å². The van der Waals surface area contributed by atoms with Crippen LogP contribution < -0.4 is 0 Å². The molecule has 1 aliphatic carbocycles. The van der Waals surface area contributed by atoms with Gasteiger partial charge in [0, 0.05) is 0 Å². The molecule has 41 heavy (non-hydrogen) atoms. The monoisotopic (exact) mass is 577 g/mol. The number of hydrogen-bond donors (Lipinski definition) is 2. The maximum atomic E-state index is 13.4. The standard InChI is InChI=1S/C31H33BClNO7/c1-3-7-21-15-23-28(30(37)34(29(23)36)31(38)40-2)24-17-32(39)41-26(27(21)24)13-11-19(18-8-5-4-6-9-18)14-20-10-12-22(35)16-25(20)33/h4-6,8-10,12,14,16,23-24,26,28,35,39H,3,7,11,13,15,17H2,1-2H3/b19-14-/t23-,24+,26-,28-/m1/s1. The molecular formula is C31H33BClNO7. The Morgan fingerprint density at radius 2 is 1.93 bits per heavy atom. The number of carbonyl (C=O) groups is 3. The van der Waals surface area contributed by atoms with Crippen molar-refractivity contribution in [3.8, 4) is 5.75 Å². The van der Waals surface area contributed by atoms with Crippen molar-refractivity contribution in [3.05, 3.63) is 75.8 Å². The van der Waals surface area contributed by atoms with Gasteiger partial charge in [-0.25, -0.2) is 4.79 Å². The van der Waals surface area contributed by atoms with E-state index in [1.54, 1.807) is 12.1 Å². The summed E-state index contributed by atoms with van der Waals surface area (Å²) in [4.78, 5) is 39.6. The average Bonchev–Trinajstić information content (AvgIpc) is 3.21. The second-order valence-corrected chi connectivity index (χ2v) is 11.2. The molecule has 2 aromatic rings. The fourth-order valence-corrected chi connectivity index (χ4v) is 6.86. The fraction of sp³-hybridized carbons (Fsp3) is 0.387. The minimum Gasteiger partial charge on any atom is -0.508 e. The molecule has 2 fully saturated rings. The van der Waals surface area contributed by atoms with Gasteiger partial charge < -0.3 is 19.5 Å². The minimum absolute atomic E-state index is 0.0840. The number of aromatic hydroxyl groups is 1. The van der Waals surface area contributed by atoms with E-state index in [9.17, 15) is 24.5 Å². The molecule has 214 valence electrons. The molecule has 2 N–H and O–H groups in total. The number of hydrogen-bond acceptors (Lipinski definition) is 7. The van der Waals surface area contributed by atoms with Gasteiger partial charge in [0.1, 0.15) is 5.75 Å². The number of nitrogens with zero attached hydrogens (tertiary/aromatic N) is 1. The topological polar surface area (TPSA) is 113 Å². The molecule has 0 bridgehead atoms. The number of phenols is 1. The van der Waals surface area contributed by atoms with Crippen LogP contribution in [0.2, 0.25) is 11.3 Å². The zero-order valence-electron chi connectivity index (χ0n) is 23.1. The second-order valence-electron chi connectivity index (χ2n) is 10.8. The number of fused-ring (bicyclic) bond motifs is 3. The van der Waals surface area contributed by atoms with E-state index in [0.29, 0.717) is 29.2 Å². The minimum atomic E-state index is -1.11. The Labute approximate surface area is 244 Å². The largest absolute Gasteiger partial charge is 0.508 e. The molecule has 8 nitrogen and oxygen atoms in total. The number of amides is 3. The third kappa shape index (κ3) is 5.71. The van der Waals surface area contributed by atoms with E-state index in [2.05, 4.69) is 6.92 Å². The molecule has 0 saturated carbocycles. The van der Waals surface area contributed by atoms with Gasteiger partial charge in [-0.3, -0.25) is 9.59 Å². The predicted molar refractivity (Wildman–Crippen MR) is 156 cm³/mol. The van der Waals surface area contributed by atoms with Gasteiger partial charge in [-0.1, -0.05) is 60.9 Å². The molecule has 10 heteroatoms. The van der Waals surface area contributed by atoms with Crippen LogP contribution in [0.25, 0.3) is 11.6 Å². The van der Waals surface area contributed by atoms with Crippen molar-refractivity contribution >= 4 is 48.3 Å². The van der Waals surface area contributed by atoms with Crippen LogP contribution in [0.3, 0.4) is 0 Å². The number of ether oxygens (including phenoxy) is 1. The highest BCUT2D eigenvalue weighted by Gasteiger charge is 2.59. The first-order valence-electron chi connectivity index (χ1n) is 14.0. The molecule has 5 rings (SSSR count). The molecule has 2 aliphatic heterocycles. The van der Waals surface area contributed by atoms with Gasteiger partial charge in [-0.05, 0) is 84.5 Å². The average molecular weight is 578 g/mol. The van der Waals surface area contributed by atoms with E-state index in [4.69, 9.17) is 21.0 Å². The van der Waals surface area contributed by atoms with Crippen molar-refractivity contribution in [2.75, 3.05) is 7.11 Å². The normalized spacial score (nSPS) is 24.4. The Balaban J connectivity index is 1.49. The third-order valence-electron chi connectivity index (χ3n) is 8.35. The van der Waals surface area contributed by atoms with Gasteiger partial charge in [0.25, 0.3) is 0 Å². The van der Waals surface area contributed by atoms with Crippen LogP contribution in [0.15, 0.2) is 59.7 Å². The Bertz CT molecular complexity index is 1410. The van der Waals surface area contributed by atoms with Crippen LogP contribution >= 0.6 is 11.6 Å². The molecule has 3 aliphatic rings. The summed E-state index contributed by atoms with van der Waals surface area (Å²) >= 11 is 6.43. The van der Waals surface area contributed by atoms with E-state index in [1.807, 2.05) is 36.4 Å². The molecule has 3 amide bonds. The zero-order valence-corrected chi connectivity index (χ0v) is 23.8. The lowest BCUT2D eigenvalue weighted by Crippen LogP contribution is -2.46. The second kappa shape index (κ2) is 12.2. The smallest absolute Gasteiger partial charge is 0.455 e. The molecule has 0 spiro atoms. The summed E-state index contributed by atoms with van der Waals surface area (Å²) in [7, 11) is 0.0373. The predicted octanol–water partition coefficient (Wildman–Crippen LogP) is 5.73. The summed E-state index contributed by atoms with van der Waals surface area (Å²) in [6, 6.07) is 14.7. The van der Waals surface area contributed by atoms with Gasteiger partial charge in [0.15, 0.2) is 0 Å². The molecular weight excluding hydrogens is 545 g/mol. The van der Waals surface area contributed by atoms with Gasteiger partial charge in [-0.2, -0.15) is 4.90 Å². The SMILES string of the molecule is CCCC1=C2[C@@H](CC/C(=C/c3ccc(O)cc3Cl)c3ccccc3)OB(O)C[C@@H]2[C@@H]2C(=O)N(C(=O)OC)C(=O)[C@@H]2C1. The summed E-state index contributed by atoms with van der Waals surface area (Å²) in [5, 5.41) is 21.0. The van der Waals surface area contributed by atoms with Gasteiger partial charge >= 0.3 is 13.2 Å². The molecule has 0 radical (unpaired) electrons. The Kier molecular flexibility index (Phi) is 8.68. The van der Waals surface area contributed by atoms with Crippen molar-refractivity contribution in [1.82, 2.24) is 4.90 Å². The lowest BCUT2D eigenvalue weighted by atomic mass is 9.58. The molecule has 4 atom stereocenters. The van der Waals surface area contributed by atoms with Crippen LogP contribution in [-0.4, -0.2) is 53.3 Å². The fourth-order valence-electron chi connectivity index (χ4n) is 6.63. The highest BCUT2D eigenvalue weighted by atomic mass is 35.5. The number of phenolic OH excluding ortho intramolecular Hbond substituents is 1. The molecule has 0 unspecified atom stereocenters. The van der Waals surface area contributed by atoms with E-state index in [-0.39, 0.29) is 12.1 Å². The van der Waals surface area contributed by atoms with E-state index < -0.39 is 48.9 Å². The summed E-state index contributed by atoms with van der Waals surface area (Å²) in [6.45, 7) is 2.06. The van der Waals surface area contributed by atoms with Crippen molar-refractivity contribution in [3.63, 3.8) is 0 Å². The van der Waals surface area contributed by atoms with Crippen LogP contribution in [0, 0.1) is 17.8 Å². The van der Waals surface area contributed by atoms with Gasteiger partial charge in [-0.15, -0.1) is 0 Å². The summed E-state index contributed by atoms with van der Waals surface area (Å²) in [5.74, 6) is -2.81. The summed E-state index contributed by atoms with van der Waals surface area (Å²) in [5.41, 5.74) is 4.79. The number of rotatable bonds is 7. The highest BCUT2D eigenvalue weighted by Crippen LogP contribution is 2.51. The first-order chi connectivity index (χ1) is 19.7. The van der Waals surface area contributed by atoms with Crippen molar-refractivity contribution in [1.29, 1.82) is 0 Å². The van der Waals surface area contributed by atoms with Gasteiger partial charge in [0.2, 0.25) is 11.8 Å². The number of likely N-dealkylation sites (tertiary alicyclic amines) is 1. The number of carbonyl (C=O) groups excluding carboxylic acids is 3. The highest BCUT2D eigenvalue weighted by molar-refractivity contribution is 6.43. The van der Waals surface area contributed by atoms with Crippen LogP contribution in [-0.2, 0) is 19.0 Å². The maximum absolute atomic E-state index is 13.4. The molecule has 0 aromatic heterocycles. The van der Waals surface area contributed by atoms with Crippen LogP contribution in [0.1, 0.15) is 50.2 Å².